The predicted molar refractivity (Wildman–Crippen MR) is 210 cm³/mol. The number of amides is 3. The maximum Gasteiger partial charge on any atom is 0.259 e. The zero-order valence-electron chi connectivity index (χ0n) is 31.6. The Morgan fingerprint density at radius 1 is 1.02 bits per heavy atom. The van der Waals surface area contributed by atoms with Gasteiger partial charge in [-0.1, -0.05) is 50.6 Å². The Balaban J connectivity index is 1.16. The Morgan fingerprint density at radius 3 is 2.49 bits per heavy atom. The molecule has 5 atom stereocenters. The second-order valence-corrected chi connectivity index (χ2v) is 18.7. The number of para-hydroxylation sites is 2. The van der Waals surface area contributed by atoms with Gasteiger partial charge in [0.2, 0.25) is 34.1 Å². The first-order valence-electron chi connectivity index (χ1n) is 19.5. The van der Waals surface area contributed by atoms with Crippen LogP contribution in [0.5, 0.6) is 5.88 Å². The van der Waals surface area contributed by atoms with Crippen molar-refractivity contribution >= 4 is 55.2 Å². The number of benzene rings is 2. The van der Waals surface area contributed by atoms with Crippen molar-refractivity contribution in [1.29, 1.82) is 0 Å². The van der Waals surface area contributed by atoms with Gasteiger partial charge in [0.15, 0.2) is 5.13 Å². The Morgan fingerprint density at radius 2 is 1.77 bits per heavy atom. The molecule has 3 N–H and O–H groups in total. The summed E-state index contributed by atoms with van der Waals surface area (Å²) in [6.45, 7) is 3.65. The van der Waals surface area contributed by atoms with Crippen LogP contribution in [-0.4, -0.2) is 87.9 Å². The lowest BCUT2D eigenvalue weighted by Gasteiger charge is -2.31. The molecule has 2 aliphatic carbocycles. The van der Waals surface area contributed by atoms with E-state index in [0.29, 0.717) is 34.7 Å². The highest BCUT2D eigenvalue weighted by Crippen LogP contribution is 2.48. The molecule has 4 heterocycles. The molecule has 0 radical (unpaired) electrons. The third kappa shape index (κ3) is 8.18. The summed E-state index contributed by atoms with van der Waals surface area (Å²) in [4.78, 5) is 58.4. The number of halogens is 2. The van der Waals surface area contributed by atoms with E-state index >= 15 is 0 Å². The first kappa shape index (κ1) is 39.1. The summed E-state index contributed by atoms with van der Waals surface area (Å²) >= 11 is 1.39. The monoisotopic (exact) mass is 821 g/mol. The van der Waals surface area contributed by atoms with E-state index in [1.54, 1.807) is 0 Å². The number of anilines is 1. The number of carbonyl (C=O) groups excluding carboxylic acids is 3. The number of fused-ring (bicyclic) bond motifs is 9. The summed E-state index contributed by atoms with van der Waals surface area (Å²) in [6.07, 6.45) is 0.904. The number of aromatic nitrogens is 3. The molecule has 6 bridgehead atoms. The van der Waals surface area contributed by atoms with Gasteiger partial charge in [0.05, 0.1) is 34.4 Å². The Kier molecular flexibility index (Phi) is 10.6. The van der Waals surface area contributed by atoms with Gasteiger partial charge in [0.25, 0.3) is 5.91 Å². The molecular weight excluding hydrogens is 777 g/mol. The van der Waals surface area contributed by atoms with Crippen molar-refractivity contribution < 1.29 is 36.3 Å². The number of aryl methyl sites for hydroxylation is 2. The van der Waals surface area contributed by atoms with Gasteiger partial charge in [-0.15, -0.1) is 11.3 Å². The van der Waals surface area contributed by atoms with Gasteiger partial charge in [0.1, 0.15) is 29.4 Å². The van der Waals surface area contributed by atoms with E-state index in [1.165, 1.54) is 16.2 Å². The summed E-state index contributed by atoms with van der Waals surface area (Å²) in [5.41, 5.74) is 2.38. The molecular formula is C40H45F2N7O6S2. The highest BCUT2D eigenvalue weighted by molar-refractivity contribution is 7.91. The summed E-state index contributed by atoms with van der Waals surface area (Å²) in [5.74, 6) is -4.20. The smallest absolute Gasteiger partial charge is 0.259 e. The van der Waals surface area contributed by atoms with E-state index in [2.05, 4.69) is 22.8 Å². The van der Waals surface area contributed by atoms with Crippen LogP contribution in [0.2, 0.25) is 0 Å². The summed E-state index contributed by atoms with van der Waals surface area (Å²) in [6, 6.07) is 13.3. The number of hydrogen-bond acceptors (Lipinski definition) is 11. The van der Waals surface area contributed by atoms with Crippen LogP contribution in [0.3, 0.4) is 0 Å². The van der Waals surface area contributed by atoms with E-state index in [1.807, 2.05) is 60.3 Å². The van der Waals surface area contributed by atoms with Crippen LogP contribution in [-0.2, 0) is 37.2 Å². The van der Waals surface area contributed by atoms with Crippen LogP contribution >= 0.6 is 11.3 Å². The maximum absolute atomic E-state index is 14.6. The lowest BCUT2D eigenvalue weighted by atomic mass is 10.0. The number of nitrogens with one attached hydrogen (secondary N) is 3. The third-order valence-corrected chi connectivity index (χ3v) is 13.9. The predicted octanol–water partition coefficient (Wildman–Crippen LogP) is 5.26. The maximum atomic E-state index is 14.6. The first-order chi connectivity index (χ1) is 27.3. The van der Waals surface area contributed by atoms with Crippen LogP contribution in [0.25, 0.3) is 22.3 Å². The molecule has 8 rings (SSSR count). The molecule has 17 heteroatoms. The molecule has 0 spiro atoms. The van der Waals surface area contributed by atoms with Gasteiger partial charge >= 0.3 is 0 Å². The van der Waals surface area contributed by atoms with Crippen LogP contribution in [0, 0.1) is 11.8 Å². The molecule has 4 aliphatic rings. The van der Waals surface area contributed by atoms with E-state index < -0.39 is 75.5 Å². The van der Waals surface area contributed by atoms with Gasteiger partial charge < -0.3 is 20.3 Å². The van der Waals surface area contributed by atoms with Crippen LogP contribution < -0.4 is 20.1 Å². The van der Waals surface area contributed by atoms with Crippen molar-refractivity contribution in [2.24, 2.45) is 11.8 Å². The highest BCUT2D eigenvalue weighted by atomic mass is 32.2. The van der Waals surface area contributed by atoms with Crippen molar-refractivity contribution in [3.63, 3.8) is 0 Å². The van der Waals surface area contributed by atoms with Gasteiger partial charge in [0, 0.05) is 17.4 Å². The van der Waals surface area contributed by atoms with Crippen molar-refractivity contribution in [2.45, 2.75) is 107 Å². The highest BCUT2D eigenvalue weighted by Gasteiger charge is 2.66. The van der Waals surface area contributed by atoms with Gasteiger partial charge in [-0.25, -0.2) is 32.2 Å². The standard InChI is InChI=1S/C40H45F2N7O6S2/c1-22(2)32-37(51)49-20-26(18-31(49)35(50)47-40(19-28(40)34(41)42)38(52)48-57(53,54)27-15-16-27)55-36-33(44-29-13-6-7-14-30(29)45-36)24-11-8-10-23(17-24)9-4-3-5-12-25-21-56-39(43-25)46-32/h6-8,10-11,13-14,17,21-22,26-28,31-32,34H,3-5,9,12,15-16,18-20H2,1-2H3,(H,43,46)(H,47,50)(H,48,52)/t26-,28+,31+,32+,40-/m1/s1. The Hall–Kier alpha value is -4.77. The molecule has 4 aromatic rings. The minimum absolute atomic E-state index is 0.0742. The van der Waals surface area contributed by atoms with E-state index in [9.17, 15) is 31.6 Å². The summed E-state index contributed by atoms with van der Waals surface area (Å²) < 4.78 is 62.4. The SMILES string of the molecule is CC(C)[C@@H]1Nc2nc(cs2)CCCCCc2cccc(c2)-c2nc3ccccc3nc2O[C@@H]2C[C@@H](C(=O)N[C@]3(C(=O)NS(=O)(=O)C4CC4)C[C@H]3C(F)F)N(C2)C1=O. The Labute approximate surface area is 333 Å². The van der Waals surface area contributed by atoms with Gasteiger partial charge in [-0.3, -0.25) is 19.1 Å². The molecule has 302 valence electrons. The minimum Gasteiger partial charge on any atom is -0.471 e. The van der Waals surface area contributed by atoms with Crippen LogP contribution in [0.1, 0.15) is 70.1 Å². The summed E-state index contributed by atoms with van der Waals surface area (Å²) in [5, 5.41) is 7.53. The minimum atomic E-state index is -4.10. The second-order valence-electron chi connectivity index (χ2n) is 15.9. The average molecular weight is 822 g/mol. The number of rotatable bonds is 7. The fraction of sp³-hybridized carbons (Fsp3) is 0.500. The Bertz CT molecular complexity index is 2300. The van der Waals surface area contributed by atoms with Crippen molar-refractivity contribution in [1.82, 2.24) is 29.9 Å². The molecule has 3 amide bonds. The normalized spacial score (nSPS) is 25.4. The average Bonchev–Trinajstić information content (AvgIpc) is 4.08. The molecule has 2 aromatic carbocycles. The van der Waals surface area contributed by atoms with Crippen molar-refractivity contribution in [2.75, 3.05) is 11.9 Å². The number of nitrogens with zero attached hydrogens (tertiary/aromatic N) is 4. The lowest BCUT2D eigenvalue weighted by molar-refractivity contribution is -0.141. The summed E-state index contributed by atoms with van der Waals surface area (Å²) in [7, 11) is -4.10. The number of alkyl halides is 2. The number of sulfonamides is 1. The second kappa shape index (κ2) is 15.5. The molecule has 0 unspecified atom stereocenters. The molecule has 57 heavy (non-hydrogen) atoms. The number of ether oxygens (including phenoxy) is 1. The topological polar surface area (TPSA) is 173 Å². The molecule has 2 saturated carbocycles. The lowest BCUT2D eigenvalue weighted by Crippen LogP contribution is -2.58. The van der Waals surface area contributed by atoms with Crippen LogP contribution in [0.15, 0.2) is 53.9 Å². The largest absolute Gasteiger partial charge is 0.471 e. The number of carbonyl (C=O) groups is 3. The molecule has 2 aliphatic heterocycles. The molecule has 13 nitrogen and oxygen atoms in total. The van der Waals surface area contributed by atoms with E-state index in [4.69, 9.17) is 19.7 Å². The zero-order valence-corrected chi connectivity index (χ0v) is 33.3. The fourth-order valence-corrected chi connectivity index (χ4v) is 9.97. The molecule has 1 saturated heterocycles. The first-order valence-corrected chi connectivity index (χ1v) is 21.9. The molecule has 3 fully saturated rings. The van der Waals surface area contributed by atoms with Crippen molar-refractivity contribution in [3.8, 4) is 17.1 Å². The van der Waals surface area contributed by atoms with Gasteiger partial charge in [-0.2, -0.15) is 0 Å². The van der Waals surface area contributed by atoms with Crippen molar-refractivity contribution in [3.05, 3.63) is 65.2 Å². The van der Waals surface area contributed by atoms with E-state index in [0.717, 1.165) is 48.9 Å². The number of hydrogen-bond donors (Lipinski definition) is 3. The van der Waals surface area contributed by atoms with Gasteiger partial charge in [-0.05, 0) is 74.6 Å². The fourth-order valence-electron chi connectivity index (χ4n) is 7.83. The van der Waals surface area contributed by atoms with Crippen LogP contribution in [0.4, 0.5) is 13.9 Å². The quantitative estimate of drug-likeness (QED) is 0.224. The number of thiazole rings is 1. The third-order valence-electron chi connectivity index (χ3n) is 11.3. The van der Waals surface area contributed by atoms with E-state index in [-0.39, 0.29) is 24.8 Å². The zero-order chi connectivity index (χ0) is 40.1. The molecule has 2 aromatic heterocycles.